The molecule has 2 aliphatic rings. The van der Waals surface area contributed by atoms with Gasteiger partial charge in [0, 0.05) is 63.4 Å². The van der Waals surface area contributed by atoms with E-state index in [1.807, 2.05) is 73.2 Å². The molecule has 0 spiro atoms. The molecule has 4 aromatic carbocycles. The molecule has 7 aromatic rings. The lowest BCUT2D eigenvalue weighted by Gasteiger charge is -2.26. The summed E-state index contributed by atoms with van der Waals surface area (Å²) < 4.78 is 16.1. The van der Waals surface area contributed by atoms with E-state index in [0.717, 1.165) is 91.5 Å². The van der Waals surface area contributed by atoms with Crippen LogP contribution in [0.5, 0.6) is 17.2 Å². The lowest BCUT2D eigenvalue weighted by molar-refractivity contribution is 0.440. The van der Waals surface area contributed by atoms with Crippen LogP contribution >= 0.6 is 0 Å². The Bertz CT molecular complexity index is 2280. The summed E-state index contributed by atoms with van der Waals surface area (Å²) in [5.41, 5.74) is 9.47. The van der Waals surface area contributed by atoms with Gasteiger partial charge in [-0.25, -0.2) is 4.98 Å². The number of allylic oxidation sites excluding steroid dienone is 3. The second kappa shape index (κ2) is 10.4. The summed E-state index contributed by atoms with van der Waals surface area (Å²) in [7, 11) is 0. The fraction of sp³-hybridized carbons (Fsp3) is 0.0500. The van der Waals surface area contributed by atoms with Crippen LogP contribution < -0.4 is 9.47 Å². The van der Waals surface area contributed by atoms with Gasteiger partial charge in [-0.3, -0.25) is 9.55 Å². The van der Waals surface area contributed by atoms with Crippen molar-refractivity contribution >= 4 is 33.2 Å². The van der Waals surface area contributed by atoms with Crippen molar-refractivity contribution in [2.45, 2.75) is 12.8 Å². The average Bonchev–Trinajstić information content (AvgIpc) is 3.44. The normalized spacial score (nSPS) is 14.0. The number of rotatable bonds is 2. The van der Waals surface area contributed by atoms with Gasteiger partial charge >= 0.3 is 0 Å². The van der Waals surface area contributed by atoms with Crippen molar-refractivity contribution in [2.24, 2.45) is 0 Å². The minimum Gasteiger partial charge on any atom is -0.456 e. The molecule has 4 heterocycles. The molecule has 0 N–H and O–H groups in total. The van der Waals surface area contributed by atoms with E-state index in [2.05, 4.69) is 76.3 Å². The molecule has 5 nitrogen and oxygen atoms in total. The summed E-state index contributed by atoms with van der Waals surface area (Å²) in [6.45, 7) is 0. The van der Waals surface area contributed by atoms with Crippen LogP contribution in [0.1, 0.15) is 18.4 Å². The SMILES string of the molecule is C1=C(n2c3ccccc3c3cccnc32)CCC2=C1Oc1ccccc1-c1ccccc1Oc1cc(-c3ccncc3)ccc12. The van der Waals surface area contributed by atoms with Crippen molar-refractivity contribution in [1.82, 2.24) is 14.5 Å². The molecule has 0 bridgehead atoms. The predicted molar refractivity (Wildman–Crippen MR) is 180 cm³/mol. The van der Waals surface area contributed by atoms with Gasteiger partial charge in [0.25, 0.3) is 0 Å². The first-order valence-corrected chi connectivity index (χ1v) is 15.2. The van der Waals surface area contributed by atoms with E-state index < -0.39 is 0 Å². The van der Waals surface area contributed by atoms with E-state index in [4.69, 9.17) is 14.5 Å². The van der Waals surface area contributed by atoms with Crippen molar-refractivity contribution in [2.75, 3.05) is 0 Å². The highest BCUT2D eigenvalue weighted by molar-refractivity contribution is 6.08. The van der Waals surface area contributed by atoms with Gasteiger partial charge in [-0.05, 0) is 72.5 Å². The summed E-state index contributed by atoms with van der Waals surface area (Å²) >= 11 is 0. The van der Waals surface area contributed by atoms with Crippen LogP contribution in [0.2, 0.25) is 0 Å². The van der Waals surface area contributed by atoms with E-state index in [0.29, 0.717) is 0 Å². The first-order chi connectivity index (χ1) is 22.3. The summed E-state index contributed by atoms with van der Waals surface area (Å²) in [5.74, 6) is 3.18. The van der Waals surface area contributed by atoms with Gasteiger partial charge in [0.1, 0.15) is 28.7 Å². The van der Waals surface area contributed by atoms with Gasteiger partial charge < -0.3 is 9.47 Å². The molecule has 9 rings (SSSR count). The highest BCUT2D eigenvalue weighted by Gasteiger charge is 2.26. The van der Waals surface area contributed by atoms with Crippen LogP contribution in [-0.2, 0) is 0 Å². The molecule has 0 saturated heterocycles. The second-order valence-electron chi connectivity index (χ2n) is 11.3. The van der Waals surface area contributed by atoms with Gasteiger partial charge in [0.15, 0.2) is 0 Å². The van der Waals surface area contributed by atoms with E-state index in [1.54, 1.807) is 0 Å². The summed E-state index contributed by atoms with van der Waals surface area (Å²) in [6, 6.07) is 39.6. The lowest BCUT2D eigenvalue weighted by atomic mass is 9.91. The van der Waals surface area contributed by atoms with Crippen molar-refractivity contribution in [3.05, 3.63) is 151 Å². The molecule has 0 saturated carbocycles. The number of ether oxygens (including phenoxy) is 2. The second-order valence-corrected chi connectivity index (χ2v) is 11.3. The molecule has 0 atom stereocenters. The summed E-state index contributed by atoms with van der Waals surface area (Å²) in [5, 5.41) is 2.34. The summed E-state index contributed by atoms with van der Waals surface area (Å²) in [4.78, 5) is 9.05. The molecule has 45 heavy (non-hydrogen) atoms. The third kappa shape index (κ3) is 4.24. The first kappa shape index (κ1) is 25.5. The fourth-order valence-corrected chi connectivity index (χ4v) is 6.68. The zero-order chi connectivity index (χ0) is 29.7. The number of benzene rings is 4. The van der Waals surface area contributed by atoms with E-state index in [-0.39, 0.29) is 0 Å². The minimum atomic E-state index is 0.775. The predicted octanol–water partition coefficient (Wildman–Crippen LogP) is 10.1. The van der Waals surface area contributed by atoms with Crippen molar-refractivity contribution in [3.63, 3.8) is 0 Å². The van der Waals surface area contributed by atoms with E-state index in [9.17, 15) is 0 Å². The Morgan fingerprint density at radius 1 is 0.556 bits per heavy atom. The minimum absolute atomic E-state index is 0.775. The molecule has 5 heteroatoms. The average molecular weight is 582 g/mol. The lowest BCUT2D eigenvalue weighted by Crippen LogP contribution is -2.10. The largest absolute Gasteiger partial charge is 0.456 e. The van der Waals surface area contributed by atoms with Crippen LogP contribution in [0, 0.1) is 0 Å². The molecule has 3 aromatic heterocycles. The van der Waals surface area contributed by atoms with Gasteiger partial charge in [-0.15, -0.1) is 0 Å². The van der Waals surface area contributed by atoms with Crippen LogP contribution in [0.3, 0.4) is 0 Å². The number of hydrogen-bond donors (Lipinski definition) is 0. The zero-order valence-corrected chi connectivity index (χ0v) is 24.4. The van der Waals surface area contributed by atoms with Crippen LogP contribution in [-0.4, -0.2) is 14.5 Å². The molecule has 0 unspecified atom stereocenters. The number of fused-ring (bicyclic) bond motifs is 8. The fourth-order valence-electron chi connectivity index (χ4n) is 6.68. The Kier molecular flexibility index (Phi) is 5.88. The Morgan fingerprint density at radius 2 is 1.29 bits per heavy atom. The Balaban J connectivity index is 1.30. The molecule has 214 valence electrons. The van der Waals surface area contributed by atoms with Gasteiger partial charge in [0.2, 0.25) is 0 Å². The maximum atomic E-state index is 6.96. The maximum Gasteiger partial charge on any atom is 0.145 e. The third-order valence-electron chi connectivity index (χ3n) is 8.77. The topological polar surface area (TPSA) is 49.2 Å². The Hall–Kier alpha value is -5.94. The number of para-hydroxylation sites is 3. The van der Waals surface area contributed by atoms with Crippen molar-refractivity contribution < 1.29 is 9.47 Å². The molecular formula is C40H27N3O2. The van der Waals surface area contributed by atoms with Crippen molar-refractivity contribution in [3.8, 4) is 39.5 Å². The van der Waals surface area contributed by atoms with Crippen LogP contribution in [0.25, 0.3) is 55.5 Å². The monoisotopic (exact) mass is 581 g/mol. The highest BCUT2D eigenvalue weighted by atomic mass is 16.5. The number of pyridine rings is 2. The molecule has 1 aliphatic carbocycles. The molecular weight excluding hydrogens is 554 g/mol. The first-order valence-electron chi connectivity index (χ1n) is 15.2. The van der Waals surface area contributed by atoms with E-state index in [1.165, 1.54) is 5.39 Å². The Morgan fingerprint density at radius 3 is 2.13 bits per heavy atom. The number of hydrogen-bond acceptors (Lipinski definition) is 4. The molecule has 0 fully saturated rings. The van der Waals surface area contributed by atoms with Gasteiger partial charge in [-0.1, -0.05) is 66.7 Å². The molecule has 1 aliphatic heterocycles. The van der Waals surface area contributed by atoms with Gasteiger partial charge in [0.05, 0.1) is 5.52 Å². The number of nitrogens with zero attached hydrogens (tertiary/aromatic N) is 3. The number of aromatic nitrogens is 3. The molecule has 0 radical (unpaired) electrons. The summed E-state index contributed by atoms with van der Waals surface area (Å²) in [6.07, 6.45) is 9.30. The van der Waals surface area contributed by atoms with Crippen molar-refractivity contribution in [1.29, 1.82) is 0 Å². The van der Waals surface area contributed by atoms with Crippen LogP contribution in [0.4, 0.5) is 0 Å². The smallest absolute Gasteiger partial charge is 0.145 e. The maximum absolute atomic E-state index is 6.96. The van der Waals surface area contributed by atoms with E-state index >= 15 is 0 Å². The Labute approximate surface area is 260 Å². The standard InChI is InChI=1S/C40H27N3O2/c1-4-12-35-29(8-1)34-11-7-21-42-40(34)43(35)28-16-18-33-32-17-15-27(26-19-22-41-23-20-26)24-38(32)44-36-13-5-2-9-30(36)31-10-3-6-14-37(31)45-39(33)25-28/h1-15,17,19-25H,16,18H2. The third-order valence-corrected chi connectivity index (χ3v) is 8.77. The van der Waals surface area contributed by atoms with Crippen LogP contribution in [0.15, 0.2) is 146 Å². The zero-order valence-electron chi connectivity index (χ0n) is 24.4. The quantitative estimate of drug-likeness (QED) is 0.204. The van der Waals surface area contributed by atoms with Gasteiger partial charge in [-0.2, -0.15) is 0 Å². The highest BCUT2D eigenvalue weighted by Crippen LogP contribution is 2.47. The molecule has 0 amide bonds.